The lowest BCUT2D eigenvalue weighted by Gasteiger charge is -2.13. The molecular weight excluding hydrogens is 362 g/mol. The van der Waals surface area contributed by atoms with Crippen molar-refractivity contribution in [1.82, 2.24) is 14.9 Å². The van der Waals surface area contributed by atoms with E-state index < -0.39 is 5.97 Å². The number of carbonyl (C=O) groups is 2. The molecule has 1 aromatic heterocycles. The monoisotopic (exact) mass is 381 g/mol. The first-order chi connectivity index (χ1) is 11.9. The fourth-order valence-electron chi connectivity index (χ4n) is 2.30. The van der Waals surface area contributed by atoms with Crippen molar-refractivity contribution >= 4 is 35.2 Å². The first-order valence-electron chi connectivity index (χ1n) is 7.81. The number of hydrogen-bond donors (Lipinski definition) is 2. The molecular formula is C17H20ClN3O3S. The molecule has 1 heterocycles. The van der Waals surface area contributed by atoms with Gasteiger partial charge in [-0.15, -0.1) is 0 Å². The number of carboxylic acids is 1. The number of carboxylic acid groups (broad SMARTS) is 1. The maximum atomic E-state index is 12.0. The molecule has 8 heteroatoms. The quantitative estimate of drug-likeness (QED) is 0.685. The molecule has 134 valence electrons. The van der Waals surface area contributed by atoms with Gasteiger partial charge in [0.2, 0.25) is 5.91 Å². The van der Waals surface area contributed by atoms with Crippen LogP contribution in [-0.4, -0.2) is 38.3 Å². The Balaban J connectivity index is 1.96. The summed E-state index contributed by atoms with van der Waals surface area (Å²) < 4.78 is 1.90. The van der Waals surface area contributed by atoms with Gasteiger partial charge in [-0.25, -0.2) is 4.98 Å². The van der Waals surface area contributed by atoms with E-state index in [1.54, 1.807) is 13.1 Å². The minimum Gasteiger partial charge on any atom is -0.481 e. The Morgan fingerprint density at radius 3 is 2.92 bits per heavy atom. The number of imidazole rings is 1. The SMILES string of the molecule is Cc1c(Cl)cccc1-n1ccnc1SCC(=O)NC(C)CCC(=O)O. The van der Waals surface area contributed by atoms with Crippen molar-refractivity contribution in [2.75, 3.05) is 5.75 Å². The fraction of sp³-hybridized carbons (Fsp3) is 0.353. The summed E-state index contributed by atoms with van der Waals surface area (Å²) in [5, 5.41) is 12.8. The molecule has 0 bridgehead atoms. The number of hydrogen-bond acceptors (Lipinski definition) is 4. The lowest BCUT2D eigenvalue weighted by molar-refractivity contribution is -0.137. The molecule has 1 unspecified atom stereocenters. The standard InChI is InChI=1S/C17H20ClN3O3S/c1-11(6-7-16(23)24)20-15(22)10-25-17-19-8-9-21(17)14-5-3-4-13(18)12(14)2/h3-5,8-9,11H,6-7,10H2,1-2H3,(H,20,22)(H,23,24). The molecule has 2 rings (SSSR count). The van der Waals surface area contributed by atoms with Gasteiger partial charge in [-0.3, -0.25) is 14.2 Å². The highest BCUT2D eigenvalue weighted by Gasteiger charge is 2.13. The van der Waals surface area contributed by atoms with E-state index in [9.17, 15) is 9.59 Å². The number of halogens is 1. The van der Waals surface area contributed by atoms with Crippen LogP contribution in [0, 0.1) is 6.92 Å². The summed E-state index contributed by atoms with van der Waals surface area (Å²) in [7, 11) is 0. The smallest absolute Gasteiger partial charge is 0.303 e. The lowest BCUT2D eigenvalue weighted by atomic mass is 10.2. The maximum Gasteiger partial charge on any atom is 0.303 e. The van der Waals surface area contributed by atoms with E-state index in [-0.39, 0.29) is 24.1 Å². The van der Waals surface area contributed by atoms with E-state index in [1.807, 2.05) is 35.9 Å². The van der Waals surface area contributed by atoms with Crippen molar-refractivity contribution in [3.05, 3.63) is 41.2 Å². The van der Waals surface area contributed by atoms with Crippen LogP contribution in [-0.2, 0) is 9.59 Å². The predicted octanol–water partition coefficient (Wildman–Crippen LogP) is 3.30. The molecule has 0 radical (unpaired) electrons. The third-order valence-corrected chi connectivity index (χ3v) is 5.01. The molecule has 1 atom stereocenters. The summed E-state index contributed by atoms with van der Waals surface area (Å²) in [6.45, 7) is 3.73. The van der Waals surface area contributed by atoms with Gasteiger partial charge in [-0.2, -0.15) is 0 Å². The molecule has 2 N–H and O–H groups in total. The molecule has 0 fully saturated rings. The number of nitrogens with one attached hydrogen (secondary N) is 1. The molecule has 25 heavy (non-hydrogen) atoms. The van der Waals surface area contributed by atoms with E-state index in [4.69, 9.17) is 16.7 Å². The van der Waals surface area contributed by atoms with Crippen LogP contribution in [0.15, 0.2) is 35.7 Å². The number of thioether (sulfide) groups is 1. The Morgan fingerprint density at radius 1 is 1.44 bits per heavy atom. The van der Waals surface area contributed by atoms with Crippen molar-refractivity contribution < 1.29 is 14.7 Å². The minimum atomic E-state index is -0.866. The first kappa shape index (κ1) is 19.3. The second kappa shape index (κ2) is 8.92. The first-order valence-corrected chi connectivity index (χ1v) is 9.17. The van der Waals surface area contributed by atoms with Crippen LogP contribution in [0.1, 0.15) is 25.3 Å². The number of aromatic nitrogens is 2. The number of rotatable bonds is 8. The Labute approximate surface area is 155 Å². The van der Waals surface area contributed by atoms with E-state index >= 15 is 0 Å². The normalized spacial score (nSPS) is 12.0. The lowest BCUT2D eigenvalue weighted by Crippen LogP contribution is -2.34. The zero-order chi connectivity index (χ0) is 18.4. The van der Waals surface area contributed by atoms with Crippen molar-refractivity contribution in [2.45, 2.75) is 37.9 Å². The highest BCUT2D eigenvalue weighted by atomic mass is 35.5. The topological polar surface area (TPSA) is 84.2 Å². The Hall–Kier alpha value is -1.99. The number of nitrogens with zero attached hydrogens (tertiary/aromatic N) is 2. The fourth-order valence-corrected chi connectivity index (χ4v) is 3.24. The summed E-state index contributed by atoms with van der Waals surface area (Å²) >= 11 is 7.49. The van der Waals surface area contributed by atoms with Gasteiger partial charge in [-0.1, -0.05) is 29.4 Å². The van der Waals surface area contributed by atoms with Crippen molar-refractivity contribution in [3.63, 3.8) is 0 Å². The third-order valence-electron chi connectivity index (χ3n) is 3.64. The average molecular weight is 382 g/mol. The van der Waals surface area contributed by atoms with E-state index in [0.29, 0.717) is 16.6 Å². The van der Waals surface area contributed by atoms with Crippen LogP contribution in [0.4, 0.5) is 0 Å². The Kier molecular flexibility index (Phi) is 6.90. The van der Waals surface area contributed by atoms with Crippen LogP contribution >= 0.6 is 23.4 Å². The summed E-state index contributed by atoms with van der Waals surface area (Å²) in [4.78, 5) is 26.9. The Bertz CT molecular complexity index is 763. The van der Waals surface area contributed by atoms with Gasteiger partial charge >= 0.3 is 5.97 Å². The average Bonchev–Trinajstić information content (AvgIpc) is 3.02. The second-order valence-corrected chi connectivity index (χ2v) is 7.00. The summed E-state index contributed by atoms with van der Waals surface area (Å²) in [5.74, 6) is -0.816. The molecule has 0 aliphatic carbocycles. The minimum absolute atomic E-state index is 0.0348. The van der Waals surface area contributed by atoms with E-state index in [1.165, 1.54) is 11.8 Å². The highest BCUT2D eigenvalue weighted by molar-refractivity contribution is 7.99. The zero-order valence-electron chi connectivity index (χ0n) is 14.0. The van der Waals surface area contributed by atoms with Crippen LogP contribution in [0.5, 0.6) is 0 Å². The molecule has 6 nitrogen and oxygen atoms in total. The molecule has 0 aliphatic heterocycles. The molecule has 2 aromatic rings. The molecule has 1 amide bonds. The van der Waals surface area contributed by atoms with Gasteiger partial charge in [0.05, 0.1) is 11.4 Å². The second-order valence-electron chi connectivity index (χ2n) is 5.65. The van der Waals surface area contributed by atoms with Gasteiger partial charge < -0.3 is 10.4 Å². The van der Waals surface area contributed by atoms with Gasteiger partial charge in [0.15, 0.2) is 5.16 Å². The van der Waals surface area contributed by atoms with Crippen LogP contribution in [0.2, 0.25) is 5.02 Å². The van der Waals surface area contributed by atoms with Gasteiger partial charge in [-0.05, 0) is 38.0 Å². The van der Waals surface area contributed by atoms with Crippen LogP contribution < -0.4 is 5.32 Å². The highest BCUT2D eigenvalue weighted by Crippen LogP contribution is 2.26. The van der Waals surface area contributed by atoms with Crippen molar-refractivity contribution in [2.24, 2.45) is 0 Å². The van der Waals surface area contributed by atoms with Gasteiger partial charge in [0, 0.05) is 29.9 Å². The Morgan fingerprint density at radius 2 is 2.20 bits per heavy atom. The van der Waals surface area contributed by atoms with E-state index in [2.05, 4.69) is 10.3 Å². The van der Waals surface area contributed by atoms with Crippen LogP contribution in [0.3, 0.4) is 0 Å². The number of carbonyl (C=O) groups excluding carboxylic acids is 1. The summed E-state index contributed by atoms with van der Waals surface area (Å²) in [6, 6.07) is 5.46. The van der Waals surface area contributed by atoms with Gasteiger partial charge in [0.1, 0.15) is 0 Å². The molecule has 0 saturated heterocycles. The van der Waals surface area contributed by atoms with E-state index in [0.717, 1.165) is 11.3 Å². The molecule has 0 aliphatic rings. The largest absolute Gasteiger partial charge is 0.481 e. The molecule has 0 saturated carbocycles. The number of aliphatic carboxylic acids is 1. The number of amides is 1. The predicted molar refractivity (Wildman–Crippen MR) is 98.5 cm³/mol. The maximum absolute atomic E-state index is 12.0. The van der Waals surface area contributed by atoms with Crippen molar-refractivity contribution in [3.8, 4) is 5.69 Å². The summed E-state index contributed by atoms with van der Waals surface area (Å²) in [5.41, 5.74) is 1.86. The summed E-state index contributed by atoms with van der Waals surface area (Å²) in [6.07, 6.45) is 3.94. The van der Waals surface area contributed by atoms with Crippen LogP contribution in [0.25, 0.3) is 5.69 Å². The molecule has 0 spiro atoms. The van der Waals surface area contributed by atoms with Crippen molar-refractivity contribution in [1.29, 1.82) is 0 Å². The zero-order valence-corrected chi connectivity index (χ0v) is 15.6. The third kappa shape index (κ3) is 5.51. The van der Waals surface area contributed by atoms with Gasteiger partial charge in [0.25, 0.3) is 0 Å². The number of benzene rings is 1. The molecule has 1 aromatic carbocycles.